The number of amidine groups is 1. The summed E-state index contributed by atoms with van der Waals surface area (Å²) < 4.78 is 10.8. The van der Waals surface area contributed by atoms with Crippen molar-refractivity contribution in [2.75, 3.05) is 0 Å². The van der Waals surface area contributed by atoms with Crippen LogP contribution in [0.1, 0.15) is 45.7 Å². The number of alkyl carbamates (subject to hydrolysis) is 1. The number of hydrogen-bond acceptors (Lipinski definition) is 4. The molecular weight excluding hydrogens is 328 g/mol. The highest BCUT2D eigenvalue weighted by molar-refractivity contribution is 6.04. The number of ether oxygens (including phenoxy) is 2. The SMILES string of the molecule is CC.CC(C)(C)OC(=O)NC(=N)c1ccc(OCc2ccccc2)cc1. The van der Waals surface area contributed by atoms with Crippen molar-refractivity contribution in [3.05, 3.63) is 65.7 Å². The fourth-order valence-electron chi connectivity index (χ4n) is 1.94. The molecule has 0 spiro atoms. The van der Waals surface area contributed by atoms with Gasteiger partial charge in [0.05, 0.1) is 0 Å². The Morgan fingerprint density at radius 1 is 1.00 bits per heavy atom. The first-order valence-electron chi connectivity index (χ1n) is 8.69. The van der Waals surface area contributed by atoms with Gasteiger partial charge in [0.2, 0.25) is 0 Å². The molecule has 0 heterocycles. The highest BCUT2D eigenvalue weighted by Gasteiger charge is 2.17. The predicted octanol–water partition coefficient (Wildman–Crippen LogP) is 5.14. The molecule has 0 unspecified atom stereocenters. The summed E-state index contributed by atoms with van der Waals surface area (Å²) in [6.07, 6.45) is -0.642. The summed E-state index contributed by atoms with van der Waals surface area (Å²) >= 11 is 0. The van der Waals surface area contributed by atoms with Crippen LogP contribution in [0.2, 0.25) is 0 Å². The lowest BCUT2D eigenvalue weighted by Crippen LogP contribution is -2.36. The maximum absolute atomic E-state index is 11.7. The molecule has 0 bridgehead atoms. The van der Waals surface area contributed by atoms with E-state index >= 15 is 0 Å². The topological polar surface area (TPSA) is 71.4 Å². The van der Waals surface area contributed by atoms with Gasteiger partial charge in [-0.25, -0.2) is 4.79 Å². The van der Waals surface area contributed by atoms with Crippen LogP contribution in [0.4, 0.5) is 4.79 Å². The molecule has 2 rings (SSSR count). The Kier molecular flexibility index (Phi) is 8.35. The van der Waals surface area contributed by atoms with Gasteiger partial charge in [0.25, 0.3) is 0 Å². The molecule has 0 radical (unpaired) electrons. The van der Waals surface area contributed by atoms with Crippen LogP contribution in [0, 0.1) is 5.41 Å². The minimum Gasteiger partial charge on any atom is -0.489 e. The fraction of sp³-hybridized carbons (Fsp3) is 0.333. The molecule has 0 saturated heterocycles. The first kappa shape index (κ1) is 21.2. The first-order valence-corrected chi connectivity index (χ1v) is 8.69. The van der Waals surface area contributed by atoms with Gasteiger partial charge in [0.1, 0.15) is 23.8 Å². The molecule has 0 aliphatic rings. The molecule has 2 N–H and O–H groups in total. The standard InChI is InChI=1S/C19H22N2O3.C2H6/c1-19(2,3)24-18(22)21-17(20)15-9-11-16(12-10-15)23-13-14-7-5-4-6-8-14;1-2/h4-12H,13H2,1-3H3,(H2,20,21,22);1-2H3. The van der Waals surface area contributed by atoms with Crippen molar-refractivity contribution >= 4 is 11.9 Å². The number of amides is 1. The molecule has 0 aliphatic heterocycles. The normalized spacial score (nSPS) is 10.2. The third kappa shape index (κ3) is 7.83. The summed E-state index contributed by atoms with van der Waals surface area (Å²) in [5.74, 6) is 0.687. The molecule has 0 fully saturated rings. The van der Waals surface area contributed by atoms with E-state index in [-0.39, 0.29) is 5.84 Å². The largest absolute Gasteiger partial charge is 0.489 e. The van der Waals surface area contributed by atoms with E-state index in [0.29, 0.717) is 17.9 Å². The van der Waals surface area contributed by atoms with Crippen LogP contribution in [-0.4, -0.2) is 17.5 Å². The van der Waals surface area contributed by atoms with Crippen LogP contribution in [0.5, 0.6) is 5.75 Å². The Hall–Kier alpha value is -2.82. The van der Waals surface area contributed by atoms with Gasteiger partial charge in [0.15, 0.2) is 0 Å². The van der Waals surface area contributed by atoms with Crippen molar-refractivity contribution in [3.8, 4) is 5.75 Å². The van der Waals surface area contributed by atoms with Gasteiger partial charge in [-0.3, -0.25) is 10.7 Å². The van der Waals surface area contributed by atoms with E-state index in [4.69, 9.17) is 14.9 Å². The smallest absolute Gasteiger partial charge is 0.413 e. The van der Waals surface area contributed by atoms with Gasteiger partial charge in [-0.05, 0) is 50.6 Å². The third-order valence-electron chi connectivity index (χ3n) is 3.02. The van der Waals surface area contributed by atoms with E-state index in [1.54, 1.807) is 45.0 Å². The van der Waals surface area contributed by atoms with Crippen LogP contribution in [0.25, 0.3) is 0 Å². The molecule has 5 heteroatoms. The van der Waals surface area contributed by atoms with Gasteiger partial charge in [-0.2, -0.15) is 0 Å². The summed E-state index contributed by atoms with van der Waals surface area (Å²) in [6, 6.07) is 16.9. The summed E-state index contributed by atoms with van der Waals surface area (Å²) in [4.78, 5) is 11.7. The Bertz CT molecular complexity index is 689. The second kappa shape index (κ2) is 10.2. The Morgan fingerprint density at radius 3 is 2.12 bits per heavy atom. The number of rotatable bonds is 4. The maximum Gasteiger partial charge on any atom is 0.413 e. The average Bonchev–Trinajstić information content (AvgIpc) is 2.61. The minimum atomic E-state index is -0.642. The lowest BCUT2D eigenvalue weighted by Gasteiger charge is -2.19. The maximum atomic E-state index is 11.7. The van der Waals surface area contributed by atoms with E-state index < -0.39 is 11.7 Å². The average molecular weight is 356 g/mol. The van der Waals surface area contributed by atoms with Crippen LogP contribution >= 0.6 is 0 Å². The number of carbonyl (C=O) groups excluding carboxylic acids is 1. The van der Waals surface area contributed by atoms with Crippen molar-refractivity contribution in [1.29, 1.82) is 5.41 Å². The summed E-state index contributed by atoms with van der Waals surface area (Å²) in [5.41, 5.74) is 1.06. The fourth-order valence-corrected chi connectivity index (χ4v) is 1.94. The van der Waals surface area contributed by atoms with Crippen molar-refractivity contribution in [3.63, 3.8) is 0 Å². The number of carbonyl (C=O) groups is 1. The molecule has 2 aromatic carbocycles. The lowest BCUT2D eigenvalue weighted by atomic mass is 10.2. The third-order valence-corrected chi connectivity index (χ3v) is 3.02. The van der Waals surface area contributed by atoms with E-state index in [2.05, 4.69) is 5.32 Å². The van der Waals surface area contributed by atoms with Gasteiger partial charge >= 0.3 is 6.09 Å². The zero-order valence-electron chi connectivity index (χ0n) is 16.1. The summed E-state index contributed by atoms with van der Waals surface area (Å²) in [7, 11) is 0. The van der Waals surface area contributed by atoms with Crippen molar-refractivity contribution in [2.24, 2.45) is 0 Å². The van der Waals surface area contributed by atoms with Gasteiger partial charge in [-0.1, -0.05) is 44.2 Å². The number of hydrogen-bond donors (Lipinski definition) is 2. The predicted molar refractivity (Wildman–Crippen MR) is 105 cm³/mol. The van der Waals surface area contributed by atoms with Crippen molar-refractivity contribution < 1.29 is 14.3 Å². The van der Waals surface area contributed by atoms with E-state index in [9.17, 15) is 4.79 Å². The van der Waals surface area contributed by atoms with E-state index in [1.807, 2.05) is 44.2 Å². The monoisotopic (exact) mass is 356 g/mol. The second-order valence-corrected chi connectivity index (χ2v) is 6.30. The van der Waals surface area contributed by atoms with E-state index in [1.165, 1.54) is 0 Å². The highest BCUT2D eigenvalue weighted by Crippen LogP contribution is 2.14. The molecule has 0 aliphatic carbocycles. The zero-order chi connectivity index (χ0) is 19.6. The van der Waals surface area contributed by atoms with Crippen molar-refractivity contribution in [1.82, 2.24) is 5.32 Å². The van der Waals surface area contributed by atoms with Crippen LogP contribution in [-0.2, 0) is 11.3 Å². The molecular formula is C21H28N2O3. The molecule has 26 heavy (non-hydrogen) atoms. The van der Waals surface area contributed by atoms with Crippen LogP contribution < -0.4 is 10.1 Å². The van der Waals surface area contributed by atoms with Gasteiger partial charge in [0, 0.05) is 5.56 Å². The molecule has 1 amide bonds. The minimum absolute atomic E-state index is 0.0149. The van der Waals surface area contributed by atoms with E-state index in [0.717, 1.165) is 5.56 Å². The first-order chi connectivity index (χ1) is 12.3. The zero-order valence-corrected chi connectivity index (χ0v) is 16.1. The van der Waals surface area contributed by atoms with Crippen LogP contribution in [0.15, 0.2) is 54.6 Å². The van der Waals surface area contributed by atoms with Gasteiger partial charge < -0.3 is 9.47 Å². The Balaban J connectivity index is 0.00000163. The van der Waals surface area contributed by atoms with Crippen molar-refractivity contribution in [2.45, 2.75) is 46.8 Å². The second-order valence-electron chi connectivity index (χ2n) is 6.30. The lowest BCUT2D eigenvalue weighted by molar-refractivity contribution is 0.0563. The Labute approximate surface area is 155 Å². The van der Waals surface area contributed by atoms with Crippen LogP contribution in [0.3, 0.4) is 0 Å². The highest BCUT2D eigenvalue weighted by atomic mass is 16.6. The number of nitrogens with one attached hydrogen (secondary N) is 2. The molecule has 0 atom stereocenters. The molecule has 140 valence electrons. The summed E-state index contributed by atoms with van der Waals surface area (Å²) in [6.45, 7) is 9.80. The Morgan fingerprint density at radius 2 is 1.58 bits per heavy atom. The quantitative estimate of drug-likeness (QED) is 0.588. The molecule has 2 aromatic rings. The molecule has 0 aromatic heterocycles. The molecule has 5 nitrogen and oxygen atoms in total. The number of benzene rings is 2. The summed E-state index contributed by atoms with van der Waals surface area (Å²) in [5, 5.41) is 10.3. The molecule has 0 saturated carbocycles. The van der Waals surface area contributed by atoms with Gasteiger partial charge in [-0.15, -0.1) is 0 Å².